The smallest absolute Gasteiger partial charge is 0.0616 e. The number of rotatable bonds is 0. The van der Waals surface area contributed by atoms with Gasteiger partial charge in [0.15, 0.2) is 0 Å². The van der Waals surface area contributed by atoms with Crippen molar-refractivity contribution in [3.05, 3.63) is 48.5 Å². The van der Waals surface area contributed by atoms with Crippen LogP contribution in [0.2, 0.25) is 0 Å². The lowest BCUT2D eigenvalue weighted by Gasteiger charge is -2.04. The van der Waals surface area contributed by atoms with E-state index < -0.39 is 0 Å². The Balaban J connectivity index is 1.83. The molecule has 9 aromatic rings. The van der Waals surface area contributed by atoms with Crippen molar-refractivity contribution in [2.24, 2.45) is 0 Å². The van der Waals surface area contributed by atoms with Crippen molar-refractivity contribution in [1.29, 1.82) is 0 Å². The molecule has 0 N–H and O–H groups in total. The van der Waals surface area contributed by atoms with Gasteiger partial charge >= 0.3 is 0 Å². The van der Waals surface area contributed by atoms with Crippen LogP contribution in [-0.4, -0.2) is 0 Å². The van der Waals surface area contributed by atoms with Crippen LogP contribution >= 0.6 is 57.9 Å². The molecule has 0 fully saturated rings. The summed E-state index contributed by atoms with van der Waals surface area (Å²) in [4.78, 5) is 0. The summed E-state index contributed by atoms with van der Waals surface area (Å²) in [5.41, 5.74) is 0. The van der Waals surface area contributed by atoms with Gasteiger partial charge in [0.25, 0.3) is 0 Å². The van der Waals surface area contributed by atoms with Crippen LogP contribution in [0.1, 0.15) is 0 Å². The number of fused-ring (bicyclic) bond motifs is 6. The Labute approximate surface area is 176 Å². The van der Waals surface area contributed by atoms with Gasteiger partial charge in [-0.25, -0.2) is 0 Å². The SMILES string of the molecule is c1ccc2c(c1)c1s[s+]3sc4c5ccccc5c5s[s+]6sc2c2c1c3c4c5c26. The number of hydrogen-bond acceptors (Lipinski definition) is 4. The summed E-state index contributed by atoms with van der Waals surface area (Å²) >= 11 is 0. The fourth-order valence-corrected chi connectivity index (χ4v) is 20.2. The topological polar surface area (TPSA) is 0 Å². The first-order valence-electron chi connectivity index (χ1n) is 9.05. The lowest BCUT2D eigenvalue weighted by Crippen LogP contribution is -1.81. The van der Waals surface area contributed by atoms with Crippen LogP contribution < -0.4 is 0 Å². The van der Waals surface area contributed by atoms with Gasteiger partial charge in [-0.05, 0) is 0 Å². The molecule has 5 aromatic carbocycles. The maximum atomic E-state index is 2.35. The average Bonchev–Trinajstić information content (AvgIpc) is 3.46. The highest BCUT2D eigenvalue weighted by Crippen LogP contribution is 2.65. The zero-order valence-corrected chi connectivity index (χ0v) is 19.0. The molecule has 0 atom stereocenters. The Kier molecular flexibility index (Phi) is 2.30. The lowest BCUT2D eigenvalue weighted by atomic mass is 9.97. The Morgan fingerprint density at radius 2 is 0.714 bits per heavy atom. The Hall–Kier alpha value is -1.54. The highest BCUT2D eigenvalue weighted by molar-refractivity contribution is 8.08. The summed E-state index contributed by atoms with van der Waals surface area (Å²) in [5, 5.41) is 12.4. The van der Waals surface area contributed by atoms with E-state index in [4.69, 9.17) is 0 Å². The van der Waals surface area contributed by atoms with E-state index in [1.807, 2.05) is 0 Å². The van der Waals surface area contributed by atoms with Gasteiger partial charge in [0.1, 0.15) is 76.7 Å². The molecule has 0 amide bonds. The molecule has 0 aliphatic carbocycles. The van der Waals surface area contributed by atoms with E-state index >= 15 is 0 Å². The van der Waals surface area contributed by atoms with Gasteiger partial charge in [0.2, 0.25) is 9.40 Å². The highest BCUT2D eigenvalue weighted by Gasteiger charge is 2.39. The van der Waals surface area contributed by atoms with E-state index in [0.717, 1.165) is 0 Å². The minimum atomic E-state index is 0.194. The highest BCUT2D eigenvalue weighted by atomic mass is 33.3. The van der Waals surface area contributed by atoms with Gasteiger partial charge in [-0.15, -0.1) is 0 Å². The molecule has 28 heavy (non-hydrogen) atoms. The van der Waals surface area contributed by atoms with E-state index in [1.165, 1.54) is 21.5 Å². The number of benzene rings is 5. The second-order valence-corrected chi connectivity index (χ2v) is 18.7. The summed E-state index contributed by atoms with van der Waals surface area (Å²) in [7, 11) is 8.93. The Morgan fingerprint density at radius 1 is 0.429 bits per heavy atom. The Morgan fingerprint density at radius 3 is 1.00 bits per heavy atom. The maximum Gasteiger partial charge on any atom is 0.224 e. The fourth-order valence-electron chi connectivity index (χ4n) is 5.05. The van der Waals surface area contributed by atoms with Crippen molar-refractivity contribution in [3.63, 3.8) is 0 Å². The third-order valence-electron chi connectivity index (χ3n) is 6.12. The first-order valence-corrected chi connectivity index (χ1v) is 16.8. The van der Waals surface area contributed by atoms with E-state index in [0.29, 0.717) is 0 Å². The third kappa shape index (κ3) is 1.33. The molecule has 0 unspecified atom stereocenters. The van der Waals surface area contributed by atoms with Crippen LogP contribution in [0.15, 0.2) is 48.5 Å². The van der Waals surface area contributed by atoms with Gasteiger partial charge < -0.3 is 0 Å². The van der Waals surface area contributed by atoms with Crippen LogP contribution in [0.25, 0.3) is 71.3 Å². The predicted octanol–water partition coefficient (Wildman–Crippen LogP) is 10.1. The molecule has 0 bridgehead atoms. The van der Waals surface area contributed by atoms with Gasteiger partial charge in [0, 0.05) is 21.5 Å². The molecule has 130 valence electrons. The van der Waals surface area contributed by atoms with Gasteiger partial charge in [0.05, 0.1) is 21.5 Å². The lowest BCUT2D eigenvalue weighted by molar-refractivity contribution is 1.86. The van der Waals surface area contributed by atoms with Crippen LogP contribution in [-0.2, 0) is 0 Å². The monoisotopic (exact) mass is 464 g/mol. The molecular formula is C22H8S6+2. The molecule has 0 spiro atoms. The summed E-state index contributed by atoms with van der Waals surface area (Å²) in [5.74, 6) is 0. The van der Waals surface area contributed by atoms with Crippen molar-refractivity contribution in [1.82, 2.24) is 0 Å². The minimum Gasteiger partial charge on any atom is -0.0616 e. The quantitative estimate of drug-likeness (QED) is 0.119. The molecule has 0 aliphatic heterocycles. The predicted molar refractivity (Wildman–Crippen MR) is 136 cm³/mol. The maximum absolute atomic E-state index is 2.35. The molecular weight excluding hydrogens is 457 g/mol. The molecule has 0 radical (unpaired) electrons. The second-order valence-electron chi connectivity index (χ2n) is 7.37. The normalized spacial score (nSPS) is 13.7. The third-order valence-corrected chi connectivity index (χ3v) is 18.8. The Bertz CT molecular complexity index is 1740. The molecule has 4 heterocycles. The van der Waals surface area contributed by atoms with E-state index in [2.05, 4.69) is 89.9 Å². The zero-order chi connectivity index (χ0) is 17.7. The van der Waals surface area contributed by atoms with Crippen molar-refractivity contribution in [3.8, 4) is 0 Å². The van der Waals surface area contributed by atoms with Gasteiger partial charge in [-0.3, -0.25) is 0 Å². The zero-order valence-electron chi connectivity index (χ0n) is 14.1. The summed E-state index contributed by atoms with van der Waals surface area (Å²) in [6.45, 7) is 0. The summed E-state index contributed by atoms with van der Waals surface area (Å²) < 4.78 is 9.56. The van der Waals surface area contributed by atoms with Crippen molar-refractivity contribution < 1.29 is 0 Å². The van der Waals surface area contributed by atoms with Crippen molar-refractivity contribution in [2.75, 3.05) is 0 Å². The molecule has 0 nitrogen and oxygen atoms in total. The second kappa shape index (κ2) is 4.46. The van der Waals surface area contributed by atoms with Crippen LogP contribution in [0.4, 0.5) is 0 Å². The molecule has 0 aliphatic rings. The van der Waals surface area contributed by atoms with Crippen molar-refractivity contribution >= 4 is 129 Å². The van der Waals surface area contributed by atoms with Crippen LogP contribution in [0, 0.1) is 0 Å². The molecule has 6 heteroatoms. The van der Waals surface area contributed by atoms with Crippen LogP contribution in [0.5, 0.6) is 0 Å². The molecule has 9 rings (SSSR count). The summed E-state index contributed by atoms with van der Waals surface area (Å²) in [6, 6.07) is 18.3. The first-order chi connectivity index (χ1) is 13.9. The van der Waals surface area contributed by atoms with Crippen LogP contribution in [0.3, 0.4) is 0 Å². The standard InChI is InChI=1S/C22H8S6/c1-2-6-10-9(5-1)17-13-14-18(10)24-28-22(14)16-15-19(25-27(23-17)21(13)15)11-7-3-4-8-12(11)20(16)26-28/h1-8H/q+2. The van der Waals surface area contributed by atoms with E-state index in [9.17, 15) is 0 Å². The minimum absolute atomic E-state index is 0.194. The first kappa shape index (κ1) is 14.4. The fraction of sp³-hybridized carbons (Fsp3) is 0. The molecule has 0 saturated carbocycles. The molecule has 0 saturated heterocycles. The largest absolute Gasteiger partial charge is 0.224 e. The van der Waals surface area contributed by atoms with E-state index in [1.54, 1.807) is 49.7 Å². The van der Waals surface area contributed by atoms with E-state index in [-0.39, 0.29) is 16.5 Å². The number of hydrogen-bond donors (Lipinski definition) is 0. The average molecular weight is 465 g/mol. The van der Waals surface area contributed by atoms with Gasteiger partial charge in [-0.2, -0.15) is 0 Å². The van der Waals surface area contributed by atoms with Crippen molar-refractivity contribution in [2.45, 2.75) is 0 Å². The molecule has 4 aromatic heterocycles. The van der Waals surface area contributed by atoms with Gasteiger partial charge in [-0.1, -0.05) is 48.5 Å². The summed E-state index contributed by atoms with van der Waals surface area (Å²) in [6.07, 6.45) is 0.